The normalized spacial score (nSPS) is 11.7. The molecule has 0 radical (unpaired) electrons. The number of amides is 2. The van der Waals surface area contributed by atoms with Gasteiger partial charge in [0.25, 0.3) is 11.8 Å². The quantitative estimate of drug-likeness (QED) is 0.423. The summed E-state index contributed by atoms with van der Waals surface area (Å²) in [4.78, 5) is 22.7. The second kappa shape index (κ2) is 5.97. The Bertz CT molecular complexity index is 402. The first-order chi connectivity index (χ1) is 8.08. The van der Waals surface area contributed by atoms with Crippen LogP contribution < -0.4 is 10.8 Å². The van der Waals surface area contributed by atoms with E-state index in [2.05, 4.69) is 5.32 Å². The number of rotatable bonds is 4. The van der Waals surface area contributed by atoms with Gasteiger partial charge in [0.15, 0.2) is 0 Å². The molecule has 1 rings (SSSR count). The van der Waals surface area contributed by atoms with Crippen molar-refractivity contribution in [1.82, 2.24) is 10.8 Å². The first kappa shape index (κ1) is 13.1. The Morgan fingerprint density at radius 1 is 1.29 bits per heavy atom. The molecule has 0 aromatic heterocycles. The average Bonchev–Trinajstić information content (AvgIpc) is 2.35. The minimum atomic E-state index is -1.17. The predicted octanol–water partition coefficient (Wildman–Crippen LogP) is -0.409. The molecule has 1 unspecified atom stereocenters. The maximum absolute atomic E-state index is 11.7. The summed E-state index contributed by atoms with van der Waals surface area (Å²) in [7, 11) is 0. The molecule has 0 heterocycles. The molecule has 0 fully saturated rings. The van der Waals surface area contributed by atoms with Crippen molar-refractivity contribution < 1.29 is 19.9 Å². The highest BCUT2D eigenvalue weighted by atomic mass is 16.5. The Balaban J connectivity index is 2.71. The molecule has 0 bridgehead atoms. The molecular weight excluding hydrogens is 224 g/mol. The van der Waals surface area contributed by atoms with Crippen molar-refractivity contribution >= 4 is 11.8 Å². The maximum atomic E-state index is 11.7. The summed E-state index contributed by atoms with van der Waals surface area (Å²) in [6, 6.07) is 5.56. The number of aliphatic hydroxyl groups is 1. The lowest BCUT2D eigenvalue weighted by molar-refractivity contribution is -0.132. The molecule has 0 saturated carbocycles. The lowest BCUT2D eigenvalue weighted by atomic mass is 10.1. The van der Waals surface area contributed by atoms with Crippen molar-refractivity contribution in [1.29, 1.82) is 0 Å². The lowest BCUT2D eigenvalue weighted by Crippen LogP contribution is -2.48. The van der Waals surface area contributed by atoms with Crippen molar-refractivity contribution in [2.45, 2.75) is 13.0 Å². The van der Waals surface area contributed by atoms with Gasteiger partial charge in [0.2, 0.25) is 0 Å². The van der Waals surface area contributed by atoms with Gasteiger partial charge in [0.1, 0.15) is 6.04 Å². The molecule has 4 N–H and O–H groups in total. The van der Waals surface area contributed by atoms with Gasteiger partial charge in [0, 0.05) is 5.56 Å². The molecule has 0 aliphatic heterocycles. The largest absolute Gasteiger partial charge is 0.394 e. The van der Waals surface area contributed by atoms with Crippen LogP contribution in [0.15, 0.2) is 24.3 Å². The van der Waals surface area contributed by atoms with Gasteiger partial charge in [-0.05, 0) is 19.1 Å². The van der Waals surface area contributed by atoms with Gasteiger partial charge in [0.05, 0.1) is 6.61 Å². The number of hydrogen-bond acceptors (Lipinski definition) is 4. The van der Waals surface area contributed by atoms with Crippen molar-refractivity contribution in [3.05, 3.63) is 35.4 Å². The van der Waals surface area contributed by atoms with Crippen LogP contribution in [0, 0.1) is 6.92 Å². The predicted molar refractivity (Wildman–Crippen MR) is 59.4 cm³/mol. The van der Waals surface area contributed by atoms with Crippen molar-refractivity contribution in [3.63, 3.8) is 0 Å². The number of carbonyl (C=O) groups is 2. The molecule has 1 aromatic carbocycles. The summed E-state index contributed by atoms with van der Waals surface area (Å²) in [6.45, 7) is 1.29. The third-order valence-corrected chi connectivity index (χ3v) is 2.23. The van der Waals surface area contributed by atoms with Gasteiger partial charge in [-0.25, -0.2) is 5.48 Å². The van der Waals surface area contributed by atoms with Crippen LogP contribution in [-0.4, -0.2) is 34.8 Å². The van der Waals surface area contributed by atoms with Gasteiger partial charge >= 0.3 is 0 Å². The molecular formula is C11H14N2O4. The molecule has 6 nitrogen and oxygen atoms in total. The number of nitrogens with one attached hydrogen (secondary N) is 2. The van der Waals surface area contributed by atoms with E-state index >= 15 is 0 Å². The van der Waals surface area contributed by atoms with Crippen molar-refractivity contribution in [2.24, 2.45) is 0 Å². The number of hydrogen-bond donors (Lipinski definition) is 4. The third-order valence-electron chi connectivity index (χ3n) is 2.23. The molecule has 2 amide bonds. The Morgan fingerprint density at radius 2 is 1.88 bits per heavy atom. The first-order valence-electron chi connectivity index (χ1n) is 5.01. The van der Waals surface area contributed by atoms with Gasteiger partial charge in [-0.2, -0.15) is 0 Å². The molecule has 17 heavy (non-hydrogen) atoms. The fourth-order valence-electron chi connectivity index (χ4n) is 1.22. The van der Waals surface area contributed by atoms with Crippen molar-refractivity contribution in [3.8, 4) is 0 Å². The van der Waals surface area contributed by atoms with E-state index in [-0.39, 0.29) is 0 Å². The number of carbonyl (C=O) groups excluding carboxylic acids is 2. The third kappa shape index (κ3) is 3.54. The Hall–Kier alpha value is -1.92. The zero-order valence-electron chi connectivity index (χ0n) is 9.30. The smallest absolute Gasteiger partial charge is 0.268 e. The SMILES string of the molecule is Cc1ccc(C(=O)NC(CO)C(=O)NO)cc1. The van der Waals surface area contributed by atoms with Crippen LogP contribution in [0.1, 0.15) is 15.9 Å². The van der Waals surface area contributed by atoms with E-state index in [0.717, 1.165) is 5.56 Å². The maximum Gasteiger partial charge on any atom is 0.268 e. The summed E-state index contributed by atoms with van der Waals surface area (Å²) in [5, 5.41) is 19.6. The zero-order chi connectivity index (χ0) is 12.8. The fourth-order valence-corrected chi connectivity index (χ4v) is 1.22. The Labute approximate surface area is 98.2 Å². The highest BCUT2D eigenvalue weighted by Crippen LogP contribution is 2.03. The lowest BCUT2D eigenvalue weighted by Gasteiger charge is -2.13. The average molecular weight is 238 g/mol. The van der Waals surface area contributed by atoms with Crippen LogP contribution >= 0.6 is 0 Å². The number of benzene rings is 1. The van der Waals surface area contributed by atoms with Gasteiger partial charge in [-0.15, -0.1) is 0 Å². The van der Waals surface area contributed by atoms with Crippen LogP contribution in [0.4, 0.5) is 0 Å². The second-order valence-electron chi connectivity index (χ2n) is 3.55. The van der Waals surface area contributed by atoms with E-state index in [1.165, 1.54) is 5.48 Å². The second-order valence-corrected chi connectivity index (χ2v) is 3.55. The van der Waals surface area contributed by atoms with Crippen LogP contribution in [0.2, 0.25) is 0 Å². The molecule has 0 aliphatic carbocycles. The van der Waals surface area contributed by atoms with Crippen LogP contribution in [0.5, 0.6) is 0 Å². The molecule has 6 heteroatoms. The first-order valence-corrected chi connectivity index (χ1v) is 5.01. The Morgan fingerprint density at radius 3 is 2.35 bits per heavy atom. The van der Waals surface area contributed by atoms with E-state index in [0.29, 0.717) is 5.56 Å². The minimum Gasteiger partial charge on any atom is -0.394 e. The molecule has 1 atom stereocenters. The number of aryl methyl sites for hydroxylation is 1. The van der Waals surface area contributed by atoms with Gasteiger partial charge in [-0.3, -0.25) is 14.8 Å². The van der Waals surface area contributed by atoms with Crippen LogP contribution in [-0.2, 0) is 4.79 Å². The van der Waals surface area contributed by atoms with Crippen molar-refractivity contribution in [2.75, 3.05) is 6.61 Å². The number of hydroxylamine groups is 1. The fraction of sp³-hybridized carbons (Fsp3) is 0.273. The molecule has 92 valence electrons. The highest BCUT2D eigenvalue weighted by molar-refractivity contribution is 5.97. The summed E-state index contributed by atoms with van der Waals surface area (Å²) in [5.74, 6) is -1.36. The summed E-state index contributed by atoms with van der Waals surface area (Å²) in [5.41, 5.74) is 2.75. The topological polar surface area (TPSA) is 98.7 Å². The minimum absolute atomic E-state index is 0.375. The van der Waals surface area contributed by atoms with E-state index in [4.69, 9.17) is 10.3 Å². The zero-order valence-corrected chi connectivity index (χ0v) is 9.30. The van der Waals surface area contributed by atoms with Crippen LogP contribution in [0.3, 0.4) is 0 Å². The molecule has 0 saturated heterocycles. The number of aliphatic hydroxyl groups excluding tert-OH is 1. The van der Waals surface area contributed by atoms with E-state index in [9.17, 15) is 9.59 Å². The molecule has 0 spiro atoms. The van der Waals surface area contributed by atoms with E-state index in [1.807, 2.05) is 6.92 Å². The van der Waals surface area contributed by atoms with E-state index in [1.54, 1.807) is 24.3 Å². The standard InChI is InChI=1S/C11H14N2O4/c1-7-2-4-8(5-3-7)10(15)12-9(6-14)11(16)13-17/h2-5,9,14,17H,6H2,1H3,(H,12,15)(H,13,16). The van der Waals surface area contributed by atoms with E-state index < -0.39 is 24.5 Å². The highest BCUT2D eigenvalue weighted by Gasteiger charge is 2.19. The van der Waals surface area contributed by atoms with Gasteiger partial charge < -0.3 is 10.4 Å². The summed E-state index contributed by atoms with van der Waals surface area (Å²) < 4.78 is 0. The summed E-state index contributed by atoms with van der Waals surface area (Å²) in [6.07, 6.45) is 0. The Kier molecular flexibility index (Phi) is 4.62. The molecule has 1 aromatic rings. The monoisotopic (exact) mass is 238 g/mol. The van der Waals surface area contributed by atoms with Gasteiger partial charge in [-0.1, -0.05) is 17.7 Å². The molecule has 0 aliphatic rings. The van der Waals surface area contributed by atoms with Crippen LogP contribution in [0.25, 0.3) is 0 Å². The summed E-state index contributed by atoms with van der Waals surface area (Å²) >= 11 is 0.